The van der Waals surface area contributed by atoms with Gasteiger partial charge in [-0.3, -0.25) is 4.90 Å². The third kappa shape index (κ3) is 6.06. The maximum Gasteiger partial charge on any atom is 0.243 e. The number of sulfonamides is 1. The molecular formula is C19H29N3O3S. The van der Waals surface area contributed by atoms with E-state index in [2.05, 4.69) is 11.8 Å². The summed E-state index contributed by atoms with van der Waals surface area (Å²) >= 11 is 0. The van der Waals surface area contributed by atoms with Gasteiger partial charge in [-0.25, -0.2) is 8.42 Å². The van der Waals surface area contributed by atoms with E-state index in [-0.39, 0.29) is 4.90 Å². The molecular weight excluding hydrogens is 350 g/mol. The van der Waals surface area contributed by atoms with Crippen LogP contribution in [0.15, 0.2) is 29.2 Å². The number of unbranched alkanes of at least 4 members (excludes halogenated alkanes) is 3. The molecule has 26 heavy (non-hydrogen) atoms. The van der Waals surface area contributed by atoms with Gasteiger partial charge in [0, 0.05) is 32.7 Å². The molecule has 0 saturated carbocycles. The second-order valence-electron chi connectivity index (χ2n) is 6.56. The maximum atomic E-state index is 13.1. The molecule has 2 rings (SSSR count). The fourth-order valence-electron chi connectivity index (χ4n) is 3.02. The highest BCUT2D eigenvalue weighted by Crippen LogP contribution is 2.18. The highest BCUT2D eigenvalue weighted by Gasteiger charge is 2.25. The van der Waals surface area contributed by atoms with Gasteiger partial charge in [0.1, 0.15) is 0 Å². The molecule has 0 atom stereocenters. The molecule has 144 valence electrons. The summed E-state index contributed by atoms with van der Waals surface area (Å²) in [5, 5.41) is 9.06. The molecule has 0 bridgehead atoms. The number of rotatable bonds is 10. The molecule has 0 spiro atoms. The third-order valence-electron chi connectivity index (χ3n) is 4.63. The lowest BCUT2D eigenvalue weighted by molar-refractivity contribution is 0.0362. The van der Waals surface area contributed by atoms with Crippen molar-refractivity contribution in [2.45, 2.75) is 37.5 Å². The second-order valence-corrected chi connectivity index (χ2v) is 8.50. The van der Waals surface area contributed by atoms with Crippen LogP contribution >= 0.6 is 0 Å². The summed E-state index contributed by atoms with van der Waals surface area (Å²) < 4.78 is 33.2. The van der Waals surface area contributed by atoms with E-state index in [9.17, 15) is 8.42 Å². The van der Waals surface area contributed by atoms with E-state index in [0.717, 1.165) is 38.8 Å². The van der Waals surface area contributed by atoms with Crippen LogP contribution in [0.2, 0.25) is 0 Å². The smallest absolute Gasteiger partial charge is 0.243 e. The van der Waals surface area contributed by atoms with Crippen LogP contribution in [0.5, 0.6) is 0 Å². The topological polar surface area (TPSA) is 73.6 Å². The van der Waals surface area contributed by atoms with Crippen LogP contribution in [-0.2, 0) is 14.8 Å². The normalized spacial score (nSPS) is 15.9. The highest BCUT2D eigenvalue weighted by atomic mass is 32.2. The molecule has 1 aliphatic heterocycles. The van der Waals surface area contributed by atoms with E-state index in [1.807, 2.05) is 6.07 Å². The molecule has 0 aliphatic carbocycles. The largest absolute Gasteiger partial charge is 0.379 e. The Morgan fingerprint density at radius 2 is 1.96 bits per heavy atom. The molecule has 1 aromatic rings. The first-order valence-corrected chi connectivity index (χ1v) is 10.8. The Bertz CT molecular complexity index is 694. The van der Waals surface area contributed by atoms with Crippen molar-refractivity contribution < 1.29 is 13.2 Å². The standard InChI is InChI=1S/C19H29N3O3S/c1-2-3-4-5-9-22(11-10-21-12-14-25-15-13-21)26(23,24)19-8-6-7-18(16-19)17-20/h6-8,16H,2-5,9-15H2,1H3. The van der Waals surface area contributed by atoms with Gasteiger partial charge < -0.3 is 4.74 Å². The van der Waals surface area contributed by atoms with Crippen molar-refractivity contribution in [3.63, 3.8) is 0 Å². The van der Waals surface area contributed by atoms with E-state index >= 15 is 0 Å². The molecule has 1 heterocycles. The van der Waals surface area contributed by atoms with Gasteiger partial charge in [0.25, 0.3) is 0 Å². The van der Waals surface area contributed by atoms with E-state index in [0.29, 0.717) is 38.4 Å². The van der Waals surface area contributed by atoms with Gasteiger partial charge in [-0.05, 0) is 24.6 Å². The fourth-order valence-corrected chi connectivity index (χ4v) is 4.54. The Balaban J connectivity index is 2.10. The van der Waals surface area contributed by atoms with Crippen molar-refractivity contribution >= 4 is 10.0 Å². The number of ether oxygens (including phenoxy) is 1. The van der Waals surface area contributed by atoms with Gasteiger partial charge >= 0.3 is 0 Å². The average Bonchev–Trinajstić information content (AvgIpc) is 2.68. The average molecular weight is 380 g/mol. The minimum atomic E-state index is -3.60. The summed E-state index contributed by atoms with van der Waals surface area (Å²) in [7, 11) is -3.60. The minimum Gasteiger partial charge on any atom is -0.379 e. The summed E-state index contributed by atoms with van der Waals surface area (Å²) in [5.74, 6) is 0. The maximum absolute atomic E-state index is 13.1. The quantitative estimate of drug-likeness (QED) is 0.584. The van der Waals surface area contributed by atoms with E-state index < -0.39 is 10.0 Å². The first kappa shape index (κ1) is 20.8. The van der Waals surface area contributed by atoms with Crippen LogP contribution in [0.3, 0.4) is 0 Å². The summed E-state index contributed by atoms with van der Waals surface area (Å²) in [4.78, 5) is 2.44. The van der Waals surface area contributed by atoms with Crippen LogP contribution in [0.1, 0.15) is 38.2 Å². The van der Waals surface area contributed by atoms with Gasteiger partial charge in [0.05, 0.1) is 29.7 Å². The van der Waals surface area contributed by atoms with Crippen LogP contribution in [-0.4, -0.2) is 63.6 Å². The molecule has 1 saturated heterocycles. The first-order chi connectivity index (χ1) is 12.6. The van der Waals surface area contributed by atoms with Gasteiger partial charge in [-0.2, -0.15) is 9.57 Å². The SMILES string of the molecule is CCCCCCN(CCN1CCOCC1)S(=O)(=O)c1cccc(C#N)c1. The zero-order valence-corrected chi connectivity index (χ0v) is 16.4. The Kier molecular flexibility index (Phi) is 8.52. The lowest BCUT2D eigenvalue weighted by atomic mass is 10.2. The molecule has 6 nitrogen and oxygen atoms in total. The summed E-state index contributed by atoms with van der Waals surface area (Å²) in [5.41, 5.74) is 0.366. The van der Waals surface area contributed by atoms with Crippen molar-refractivity contribution in [3.05, 3.63) is 29.8 Å². The number of morpholine rings is 1. The van der Waals surface area contributed by atoms with Gasteiger partial charge in [-0.1, -0.05) is 32.3 Å². The Hall–Kier alpha value is -1.46. The van der Waals surface area contributed by atoms with E-state index in [4.69, 9.17) is 10.00 Å². The van der Waals surface area contributed by atoms with Crippen molar-refractivity contribution in [3.8, 4) is 6.07 Å². The molecule has 0 radical (unpaired) electrons. The second kappa shape index (κ2) is 10.6. The molecule has 0 N–H and O–H groups in total. The molecule has 0 aromatic heterocycles. The van der Waals surface area contributed by atoms with E-state index in [1.54, 1.807) is 22.5 Å². The number of nitriles is 1. The third-order valence-corrected chi connectivity index (χ3v) is 6.53. The Morgan fingerprint density at radius 1 is 1.19 bits per heavy atom. The molecule has 1 aromatic carbocycles. The zero-order chi connectivity index (χ0) is 18.8. The van der Waals surface area contributed by atoms with Crippen molar-refractivity contribution in [1.82, 2.24) is 9.21 Å². The van der Waals surface area contributed by atoms with Gasteiger partial charge in [0.15, 0.2) is 0 Å². The monoisotopic (exact) mass is 379 g/mol. The lowest BCUT2D eigenvalue weighted by Crippen LogP contribution is -2.43. The molecule has 1 fully saturated rings. The zero-order valence-electron chi connectivity index (χ0n) is 15.6. The van der Waals surface area contributed by atoms with Crippen LogP contribution in [0.4, 0.5) is 0 Å². The van der Waals surface area contributed by atoms with Crippen LogP contribution in [0.25, 0.3) is 0 Å². The predicted molar refractivity (Wildman–Crippen MR) is 101 cm³/mol. The Morgan fingerprint density at radius 3 is 2.65 bits per heavy atom. The fraction of sp³-hybridized carbons (Fsp3) is 0.632. The van der Waals surface area contributed by atoms with Crippen LogP contribution < -0.4 is 0 Å². The Labute approximate surface area is 157 Å². The minimum absolute atomic E-state index is 0.203. The first-order valence-electron chi connectivity index (χ1n) is 9.38. The van der Waals surface area contributed by atoms with Crippen LogP contribution in [0, 0.1) is 11.3 Å². The van der Waals surface area contributed by atoms with Crippen molar-refractivity contribution in [2.75, 3.05) is 45.9 Å². The number of hydrogen-bond donors (Lipinski definition) is 0. The van der Waals surface area contributed by atoms with Gasteiger partial charge in [0.2, 0.25) is 10.0 Å². The molecule has 7 heteroatoms. The lowest BCUT2D eigenvalue weighted by Gasteiger charge is -2.29. The summed E-state index contributed by atoms with van der Waals surface area (Å²) in [6.07, 6.45) is 4.11. The predicted octanol–water partition coefficient (Wildman–Crippen LogP) is 2.46. The summed E-state index contributed by atoms with van der Waals surface area (Å²) in [6, 6.07) is 8.30. The molecule has 0 unspecified atom stereocenters. The molecule has 1 aliphatic rings. The summed E-state index contributed by atoms with van der Waals surface area (Å²) in [6.45, 7) is 6.91. The number of hydrogen-bond acceptors (Lipinski definition) is 5. The number of benzene rings is 1. The van der Waals surface area contributed by atoms with E-state index in [1.165, 1.54) is 6.07 Å². The van der Waals surface area contributed by atoms with Gasteiger partial charge in [-0.15, -0.1) is 0 Å². The molecule has 0 amide bonds. The van der Waals surface area contributed by atoms with Crippen molar-refractivity contribution in [1.29, 1.82) is 5.26 Å². The van der Waals surface area contributed by atoms with Crippen molar-refractivity contribution in [2.24, 2.45) is 0 Å². The highest BCUT2D eigenvalue weighted by molar-refractivity contribution is 7.89. The number of nitrogens with zero attached hydrogens (tertiary/aromatic N) is 3.